The van der Waals surface area contributed by atoms with Crippen LogP contribution in [0.1, 0.15) is 55.8 Å². The average Bonchev–Trinajstić information content (AvgIpc) is 2.45. The van der Waals surface area contributed by atoms with Crippen molar-refractivity contribution in [3.05, 3.63) is 34.9 Å². The molecule has 112 valence electrons. The minimum Gasteiger partial charge on any atom is -0.309 e. The fourth-order valence-electron chi connectivity index (χ4n) is 3.26. The number of nitrogens with one attached hydrogen (secondary N) is 1. The second-order valence-corrected chi connectivity index (χ2v) is 6.44. The van der Waals surface area contributed by atoms with Crippen LogP contribution in [0.4, 0.5) is 0 Å². The summed E-state index contributed by atoms with van der Waals surface area (Å²) in [5.74, 6) is 0. The van der Waals surface area contributed by atoms with E-state index in [-0.39, 0.29) is 0 Å². The number of piperidine rings is 1. The normalized spacial score (nSPS) is 19.8. The number of nitrogens with zero attached hydrogens (tertiary/aromatic N) is 1. The summed E-state index contributed by atoms with van der Waals surface area (Å²) in [7, 11) is 0. The molecule has 0 saturated carbocycles. The van der Waals surface area contributed by atoms with E-state index in [0.717, 1.165) is 6.54 Å². The Morgan fingerprint density at radius 3 is 2.45 bits per heavy atom. The first-order valence-electron chi connectivity index (χ1n) is 8.12. The fraction of sp³-hybridized carbons (Fsp3) is 0.667. The molecule has 1 heterocycles. The topological polar surface area (TPSA) is 15.3 Å². The molecular formula is C18H30N2. The summed E-state index contributed by atoms with van der Waals surface area (Å²) in [6.45, 7) is 12.6. The summed E-state index contributed by atoms with van der Waals surface area (Å²) in [4.78, 5) is 2.63. The van der Waals surface area contributed by atoms with Gasteiger partial charge in [-0.2, -0.15) is 0 Å². The van der Waals surface area contributed by atoms with Gasteiger partial charge in [0, 0.05) is 18.6 Å². The van der Waals surface area contributed by atoms with Crippen molar-refractivity contribution in [1.29, 1.82) is 0 Å². The lowest BCUT2D eigenvalue weighted by Gasteiger charge is -2.33. The number of aryl methyl sites for hydroxylation is 2. The molecule has 1 aromatic rings. The summed E-state index contributed by atoms with van der Waals surface area (Å²) >= 11 is 0. The average molecular weight is 274 g/mol. The van der Waals surface area contributed by atoms with E-state index in [1.165, 1.54) is 49.0 Å². The minimum atomic E-state index is 0.433. The van der Waals surface area contributed by atoms with Crippen LogP contribution in [0.3, 0.4) is 0 Å². The van der Waals surface area contributed by atoms with E-state index in [1.54, 1.807) is 0 Å². The highest BCUT2D eigenvalue weighted by atomic mass is 15.2. The molecule has 0 spiro atoms. The molecule has 2 rings (SSSR count). The molecule has 0 bridgehead atoms. The summed E-state index contributed by atoms with van der Waals surface area (Å²) < 4.78 is 0. The van der Waals surface area contributed by atoms with Gasteiger partial charge in [0.05, 0.1) is 0 Å². The van der Waals surface area contributed by atoms with Gasteiger partial charge >= 0.3 is 0 Å². The Bertz CT molecular complexity index is 421. The van der Waals surface area contributed by atoms with E-state index in [9.17, 15) is 0 Å². The van der Waals surface area contributed by atoms with Crippen molar-refractivity contribution in [2.45, 2.75) is 59.0 Å². The van der Waals surface area contributed by atoms with E-state index < -0.39 is 0 Å². The van der Waals surface area contributed by atoms with Gasteiger partial charge in [0.25, 0.3) is 0 Å². The third-order valence-corrected chi connectivity index (χ3v) is 4.63. The highest BCUT2D eigenvalue weighted by Crippen LogP contribution is 2.19. The Balaban J connectivity index is 1.86. The number of hydrogen-bond acceptors (Lipinski definition) is 2. The van der Waals surface area contributed by atoms with Crippen LogP contribution in [0.2, 0.25) is 0 Å². The first-order chi connectivity index (χ1) is 9.58. The SMILES string of the molecule is Cc1ccc(C(C)NCC(C)N2CCCCC2)c(C)c1. The Kier molecular flexibility index (Phi) is 5.62. The zero-order chi connectivity index (χ0) is 14.5. The van der Waals surface area contributed by atoms with Crippen molar-refractivity contribution in [1.82, 2.24) is 10.2 Å². The quantitative estimate of drug-likeness (QED) is 0.878. The molecule has 0 radical (unpaired) electrons. The molecule has 0 amide bonds. The maximum absolute atomic E-state index is 3.71. The highest BCUT2D eigenvalue weighted by Gasteiger charge is 2.17. The van der Waals surface area contributed by atoms with Crippen molar-refractivity contribution >= 4 is 0 Å². The third-order valence-electron chi connectivity index (χ3n) is 4.63. The lowest BCUT2D eigenvalue weighted by atomic mass is 10.00. The van der Waals surface area contributed by atoms with Crippen molar-refractivity contribution in [2.75, 3.05) is 19.6 Å². The minimum absolute atomic E-state index is 0.433. The monoisotopic (exact) mass is 274 g/mol. The van der Waals surface area contributed by atoms with Gasteiger partial charge in [-0.3, -0.25) is 4.90 Å². The molecule has 2 nitrogen and oxygen atoms in total. The zero-order valence-electron chi connectivity index (χ0n) is 13.6. The summed E-state index contributed by atoms with van der Waals surface area (Å²) in [6.07, 6.45) is 4.16. The van der Waals surface area contributed by atoms with Crippen molar-refractivity contribution in [3.63, 3.8) is 0 Å². The highest BCUT2D eigenvalue weighted by molar-refractivity contribution is 5.32. The lowest BCUT2D eigenvalue weighted by molar-refractivity contribution is 0.168. The van der Waals surface area contributed by atoms with Crippen LogP contribution in [0.25, 0.3) is 0 Å². The van der Waals surface area contributed by atoms with Crippen LogP contribution < -0.4 is 5.32 Å². The molecule has 1 aromatic carbocycles. The maximum Gasteiger partial charge on any atom is 0.0295 e. The van der Waals surface area contributed by atoms with Crippen molar-refractivity contribution in [3.8, 4) is 0 Å². The van der Waals surface area contributed by atoms with Crippen LogP contribution in [-0.2, 0) is 0 Å². The molecule has 1 saturated heterocycles. The van der Waals surface area contributed by atoms with E-state index in [1.807, 2.05) is 0 Å². The number of benzene rings is 1. The van der Waals surface area contributed by atoms with Crippen molar-refractivity contribution in [2.24, 2.45) is 0 Å². The molecule has 20 heavy (non-hydrogen) atoms. The third kappa shape index (κ3) is 4.07. The van der Waals surface area contributed by atoms with E-state index in [0.29, 0.717) is 12.1 Å². The van der Waals surface area contributed by atoms with Gasteiger partial charge in [0.2, 0.25) is 0 Å². The van der Waals surface area contributed by atoms with Gasteiger partial charge in [0.1, 0.15) is 0 Å². The molecule has 0 aromatic heterocycles. The Hall–Kier alpha value is -0.860. The summed E-state index contributed by atoms with van der Waals surface area (Å²) in [5.41, 5.74) is 4.18. The largest absolute Gasteiger partial charge is 0.309 e. The first-order valence-corrected chi connectivity index (χ1v) is 8.12. The van der Waals surface area contributed by atoms with Gasteiger partial charge in [-0.05, 0) is 64.8 Å². The molecule has 1 fully saturated rings. The molecule has 2 unspecified atom stereocenters. The van der Waals surface area contributed by atoms with Gasteiger partial charge in [-0.15, -0.1) is 0 Å². The molecule has 1 aliphatic rings. The molecule has 2 atom stereocenters. The van der Waals surface area contributed by atoms with Crippen LogP contribution in [-0.4, -0.2) is 30.6 Å². The smallest absolute Gasteiger partial charge is 0.0295 e. The predicted molar refractivity (Wildman–Crippen MR) is 87.2 cm³/mol. The second-order valence-electron chi connectivity index (χ2n) is 6.44. The standard InChI is InChI=1S/C18H30N2/c1-14-8-9-18(15(2)12-14)17(4)19-13-16(3)20-10-6-5-7-11-20/h8-9,12,16-17,19H,5-7,10-11,13H2,1-4H3. The van der Waals surface area contributed by atoms with Gasteiger partial charge in [-0.25, -0.2) is 0 Å². The van der Waals surface area contributed by atoms with E-state index in [2.05, 4.69) is 56.1 Å². The number of hydrogen-bond donors (Lipinski definition) is 1. The molecular weight excluding hydrogens is 244 g/mol. The molecule has 1 N–H and O–H groups in total. The Morgan fingerprint density at radius 1 is 1.10 bits per heavy atom. The number of rotatable bonds is 5. The van der Waals surface area contributed by atoms with Crippen molar-refractivity contribution < 1.29 is 0 Å². The molecule has 2 heteroatoms. The lowest BCUT2D eigenvalue weighted by Crippen LogP contribution is -2.43. The Morgan fingerprint density at radius 2 is 1.80 bits per heavy atom. The van der Waals surface area contributed by atoms with Crippen LogP contribution in [0.5, 0.6) is 0 Å². The maximum atomic E-state index is 3.71. The first kappa shape index (κ1) is 15.5. The van der Waals surface area contributed by atoms with Gasteiger partial charge in [0.15, 0.2) is 0 Å². The van der Waals surface area contributed by atoms with Crippen LogP contribution >= 0.6 is 0 Å². The fourth-order valence-corrected chi connectivity index (χ4v) is 3.26. The summed E-state index contributed by atoms with van der Waals surface area (Å²) in [5, 5.41) is 3.71. The predicted octanol–water partition coefficient (Wildman–Crippen LogP) is 3.83. The summed E-state index contributed by atoms with van der Waals surface area (Å²) in [6, 6.07) is 7.84. The van der Waals surface area contributed by atoms with Crippen LogP contribution in [0, 0.1) is 13.8 Å². The second kappa shape index (κ2) is 7.24. The Labute approximate surface area is 124 Å². The molecule has 1 aliphatic heterocycles. The van der Waals surface area contributed by atoms with Gasteiger partial charge < -0.3 is 5.32 Å². The van der Waals surface area contributed by atoms with Gasteiger partial charge in [-0.1, -0.05) is 30.2 Å². The van der Waals surface area contributed by atoms with E-state index in [4.69, 9.17) is 0 Å². The number of likely N-dealkylation sites (tertiary alicyclic amines) is 1. The zero-order valence-corrected chi connectivity index (χ0v) is 13.6. The van der Waals surface area contributed by atoms with E-state index >= 15 is 0 Å². The molecule has 0 aliphatic carbocycles. The van der Waals surface area contributed by atoms with Crippen LogP contribution in [0.15, 0.2) is 18.2 Å².